The van der Waals surface area contributed by atoms with Crippen molar-refractivity contribution in [2.75, 3.05) is 53.0 Å². The minimum Gasteiger partial charge on any atom is -0.493 e. The van der Waals surface area contributed by atoms with Gasteiger partial charge in [0, 0.05) is 52.2 Å². The first-order valence-corrected chi connectivity index (χ1v) is 16.8. The Morgan fingerprint density at radius 1 is 1.15 bits per heavy atom. The molecule has 1 aromatic carbocycles. The predicted molar refractivity (Wildman–Crippen MR) is 176 cm³/mol. The van der Waals surface area contributed by atoms with Gasteiger partial charge in [0.25, 0.3) is 16.6 Å². The van der Waals surface area contributed by atoms with Gasteiger partial charge in [-0.3, -0.25) is 19.3 Å². The summed E-state index contributed by atoms with van der Waals surface area (Å²) in [4.78, 5) is 51.5. The minimum atomic E-state index is -3.70. The van der Waals surface area contributed by atoms with Gasteiger partial charge in [-0.2, -0.15) is 9.40 Å². The number of rotatable bonds is 12. The van der Waals surface area contributed by atoms with Crippen molar-refractivity contribution in [1.82, 2.24) is 39.3 Å². The summed E-state index contributed by atoms with van der Waals surface area (Å²) in [7, 11) is -0.00831. The zero-order valence-electron chi connectivity index (χ0n) is 27.2. The maximum Gasteiger partial charge on any atom is 0.294 e. The number of sulfonamides is 1. The number of piperazine rings is 1. The number of aromatic nitrogens is 5. The molecule has 0 radical (unpaired) electrons. The molecule has 0 aliphatic carbocycles. The molecule has 0 bridgehead atoms. The topological polar surface area (TPSA) is 208 Å². The third-order valence-electron chi connectivity index (χ3n) is 7.36. The van der Waals surface area contributed by atoms with E-state index < -0.39 is 15.1 Å². The number of H-pyrrole nitrogens is 1. The van der Waals surface area contributed by atoms with Gasteiger partial charge in [0.05, 0.1) is 28.3 Å². The Bertz CT molecular complexity index is 1890. The van der Waals surface area contributed by atoms with Crippen molar-refractivity contribution >= 4 is 27.0 Å². The number of carbonyl (C=O) groups excluding carboxylic acids is 1. The molecular formula is C30H39N9O8S. The monoisotopic (exact) mass is 685 g/mol. The van der Waals surface area contributed by atoms with Crippen LogP contribution in [0.2, 0.25) is 0 Å². The highest BCUT2D eigenvalue weighted by Crippen LogP contribution is 2.32. The van der Waals surface area contributed by atoms with Crippen LogP contribution in [0.4, 0.5) is 0 Å². The summed E-state index contributed by atoms with van der Waals surface area (Å²) in [6.45, 7) is 6.39. The van der Waals surface area contributed by atoms with Crippen LogP contribution in [-0.4, -0.2) is 106 Å². The summed E-state index contributed by atoms with van der Waals surface area (Å²) in [5.74, 6) is 0.380. The molecule has 1 fully saturated rings. The lowest BCUT2D eigenvalue weighted by Gasteiger charge is -2.31. The van der Waals surface area contributed by atoms with Crippen LogP contribution >= 0.6 is 0 Å². The van der Waals surface area contributed by atoms with Gasteiger partial charge >= 0.3 is 0 Å². The summed E-state index contributed by atoms with van der Waals surface area (Å²) < 4.78 is 35.4. The van der Waals surface area contributed by atoms with Crippen LogP contribution in [0.25, 0.3) is 22.4 Å². The van der Waals surface area contributed by atoms with Crippen LogP contribution in [0.15, 0.2) is 52.4 Å². The molecule has 3 aromatic heterocycles. The third-order valence-corrected chi connectivity index (χ3v) is 9.26. The molecule has 0 atom stereocenters. The highest BCUT2D eigenvalue weighted by molar-refractivity contribution is 7.89. The highest BCUT2D eigenvalue weighted by Gasteiger charge is 2.29. The van der Waals surface area contributed by atoms with Gasteiger partial charge in [0.15, 0.2) is 5.52 Å². The molecule has 0 saturated carbocycles. The number of ether oxygens (including phenoxy) is 1. The predicted octanol–water partition coefficient (Wildman–Crippen LogP) is 1.63. The quantitative estimate of drug-likeness (QED) is 0.124. The van der Waals surface area contributed by atoms with E-state index in [1.807, 2.05) is 20.9 Å². The Morgan fingerprint density at radius 2 is 1.90 bits per heavy atom. The summed E-state index contributed by atoms with van der Waals surface area (Å²) in [6, 6.07) is 7.94. The molecule has 4 aromatic rings. The maximum atomic E-state index is 13.3. The number of nitrogens with zero attached hydrogens (tertiary/aromatic N) is 7. The fourth-order valence-electron chi connectivity index (χ4n) is 4.98. The number of aromatic amines is 1. The van der Waals surface area contributed by atoms with Gasteiger partial charge in [-0.05, 0) is 50.7 Å². The van der Waals surface area contributed by atoms with Crippen molar-refractivity contribution in [3.05, 3.63) is 74.5 Å². The Kier molecular flexibility index (Phi) is 12.2. The summed E-state index contributed by atoms with van der Waals surface area (Å²) >= 11 is 0. The second-order valence-corrected chi connectivity index (χ2v) is 12.7. The first kappa shape index (κ1) is 35.9. The first-order valence-electron chi connectivity index (χ1n) is 15.3. The van der Waals surface area contributed by atoms with E-state index in [9.17, 15) is 28.1 Å². The van der Waals surface area contributed by atoms with Crippen molar-refractivity contribution in [2.45, 2.75) is 31.6 Å². The molecule has 4 heterocycles. The number of hydrogen-bond acceptors (Lipinski definition) is 12. The number of fused-ring (bicyclic) bond motifs is 1. The molecule has 1 aliphatic rings. The van der Waals surface area contributed by atoms with Crippen molar-refractivity contribution in [1.29, 1.82) is 0 Å². The van der Waals surface area contributed by atoms with Gasteiger partial charge in [0.2, 0.25) is 10.0 Å². The second-order valence-electron chi connectivity index (χ2n) is 10.8. The van der Waals surface area contributed by atoms with Crippen LogP contribution in [0.3, 0.4) is 0 Å². The summed E-state index contributed by atoms with van der Waals surface area (Å²) in [6.07, 6.45) is 4.50. The highest BCUT2D eigenvalue weighted by atomic mass is 32.2. The lowest BCUT2D eigenvalue weighted by molar-refractivity contribution is -0.757. The van der Waals surface area contributed by atoms with E-state index in [-0.39, 0.29) is 35.3 Å². The Balaban J connectivity index is 0.000000291. The number of pyridine rings is 1. The maximum absolute atomic E-state index is 13.3. The normalized spacial score (nSPS) is 13.8. The van der Waals surface area contributed by atoms with Crippen LogP contribution in [-0.2, 0) is 28.3 Å². The average Bonchev–Trinajstić information content (AvgIpc) is 3.39. The molecule has 5 rings (SSSR count). The molecule has 18 heteroatoms. The van der Waals surface area contributed by atoms with E-state index in [2.05, 4.69) is 30.1 Å². The number of benzene rings is 1. The van der Waals surface area contributed by atoms with Gasteiger partial charge in [0.1, 0.15) is 23.7 Å². The van der Waals surface area contributed by atoms with E-state index >= 15 is 0 Å². The number of likely N-dealkylation sites (N-methyl/N-ethyl adjacent to an activating group) is 1. The molecule has 258 valence electrons. The van der Waals surface area contributed by atoms with Crippen molar-refractivity contribution in [3.63, 3.8) is 0 Å². The van der Waals surface area contributed by atoms with Gasteiger partial charge in [-0.1, -0.05) is 13.3 Å². The third kappa shape index (κ3) is 8.69. The Labute approximate surface area is 277 Å². The molecule has 48 heavy (non-hydrogen) atoms. The zero-order chi connectivity index (χ0) is 34.8. The summed E-state index contributed by atoms with van der Waals surface area (Å²) in [5.41, 5.74) is 2.15. The van der Waals surface area contributed by atoms with E-state index in [0.717, 1.165) is 12.1 Å². The molecule has 1 aliphatic heterocycles. The number of amides is 1. The number of aryl methyl sites for hydroxylation is 2. The fraction of sp³-hybridized carbons (Fsp3) is 0.433. The number of nitrogens with one attached hydrogen (secondary N) is 2. The smallest absolute Gasteiger partial charge is 0.294 e. The van der Waals surface area contributed by atoms with Crippen molar-refractivity contribution in [2.24, 2.45) is 7.05 Å². The molecular weight excluding hydrogens is 646 g/mol. The van der Waals surface area contributed by atoms with Crippen LogP contribution in [0.1, 0.15) is 36.3 Å². The molecule has 2 N–H and O–H groups in total. The van der Waals surface area contributed by atoms with Gasteiger partial charge in [-0.15, -0.1) is 10.1 Å². The average molecular weight is 686 g/mol. The van der Waals surface area contributed by atoms with Crippen LogP contribution in [0.5, 0.6) is 5.75 Å². The summed E-state index contributed by atoms with van der Waals surface area (Å²) in [5, 5.41) is 15.8. The number of carbonyl (C=O) groups is 1. The number of hydrogen-bond donors (Lipinski definition) is 2. The zero-order valence-corrected chi connectivity index (χ0v) is 28.0. The lowest BCUT2D eigenvalue weighted by Crippen LogP contribution is -2.47. The standard InChI is InChI=1S/C22H30N6O4S.C8H9N3O4/c1-5-7-17-19-20(27(4)25-17)22(29)24-21(23-19)16-14-15(8-9-18(16)32-6-2)33(30,31)28-12-10-26(3)11-13-28;12-8(7-2-1-3-9-6-7)10-4-5-15-11(13)14/h8-9,14H,5-7,10-13H2,1-4H3,(H,23,24,29);1-3,6H,4-5H2,(H,10,12). The molecule has 1 saturated heterocycles. The van der Waals surface area contributed by atoms with Crippen molar-refractivity contribution in [3.8, 4) is 17.1 Å². The lowest BCUT2D eigenvalue weighted by atomic mass is 10.1. The molecule has 0 unspecified atom stereocenters. The van der Waals surface area contributed by atoms with E-state index in [4.69, 9.17) is 9.72 Å². The largest absolute Gasteiger partial charge is 0.493 e. The van der Waals surface area contributed by atoms with Crippen molar-refractivity contribution < 1.29 is 27.9 Å². The Morgan fingerprint density at radius 3 is 2.54 bits per heavy atom. The van der Waals surface area contributed by atoms with E-state index in [0.29, 0.717) is 67.1 Å². The molecule has 0 spiro atoms. The fourth-order valence-corrected chi connectivity index (χ4v) is 6.43. The minimum absolute atomic E-state index is 0.0781. The second kappa shape index (κ2) is 16.2. The first-order chi connectivity index (χ1) is 23.0. The van der Waals surface area contributed by atoms with E-state index in [1.54, 1.807) is 43.6 Å². The van der Waals surface area contributed by atoms with Gasteiger partial charge < -0.3 is 24.8 Å². The molecule has 1 amide bonds. The van der Waals surface area contributed by atoms with Crippen LogP contribution in [0, 0.1) is 10.1 Å². The molecule has 17 nitrogen and oxygen atoms in total. The van der Waals surface area contributed by atoms with E-state index in [1.165, 1.54) is 15.2 Å². The van der Waals surface area contributed by atoms with Crippen LogP contribution < -0.4 is 15.6 Å². The van der Waals surface area contributed by atoms with Gasteiger partial charge in [-0.25, -0.2) is 13.4 Å². The Hall–Kier alpha value is -4.94. The SMILES string of the molecule is CCCc1nn(C)c2c(=O)[nH]c(-c3cc(S(=O)(=O)N4CCN(C)CC4)ccc3OCC)nc12.O=C(NCCO[N+](=O)[O-])c1cccnc1.